The molecule has 90 valence electrons. The van der Waals surface area contributed by atoms with Gasteiger partial charge in [0.2, 0.25) is 0 Å². The molecule has 0 spiro atoms. The Morgan fingerprint density at radius 2 is 2.00 bits per heavy atom. The van der Waals surface area contributed by atoms with E-state index in [1.165, 1.54) is 9.13 Å². The Morgan fingerprint density at radius 3 is 2.62 bits per heavy atom. The summed E-state index contributed by atoms with van der Waals surface area (Å²) in [6.07, 6.45) is 2.22. The highest BCUT2D eigenvalue weighted by Gasteiger charge is 1.98. The van der Waals surface area contributed by atoms with E-state index in [2.05, 4.69) is 59.1 Å². The lowest BCUT2D eigenvalue weighted by atomic mass is 10.1. The van der Waals surface area contributed by atoms with Gasteiger partial charge in [0.15, 0.2) is 0 Å². The summed E-state index contributed by atoms with van der Waals surface area (Å²) in [7, 11) is 0. The summed E-state index contributed by atoms with van der Waals surface area (Å²) in [5.41, 5.74) is 1.33. The molecule has 0 bridgehead atoms. The zero-order valence-electron chi connectivity index (χ0n) is 9.75. The first-order valence-corrected chi connectivity index (χ1v) is 6.86. The lowest BCUT2D eigenvalue weighted by Gasteiger charge is -2.08. The van der Waals surface area contributed by atoms with Gasteiger partial charge in [0.05, 0.1) is 0 Å². The van der Waals surface area contributed by atoms with Crippen LogP contribution in [0.2, 0.25) is 0 Å². The third kappa shape index (κ3) is 5.82. The highest BCUT2D eigenvalue weighted by Crippen LogP contribution is 2.07. The van der Waals surface area contributed by atoms with Gasteiger partial charge in [0.1, 0.15) is 0 Å². The van der Waals surface area contributed by atoms with Crippen molar-refractivity contribution >= 4 is 22.6 Å². The smallest absolute Gasteiger partial charge is 0.0456 e. The summed E-state index contributed by atoms with van der Waals surface area (Å²) in [6, 6.07) is 8.58. The summed E-state index contributed by atoms with van der Waals surface area (Å²) in [6.45, 7) is 4.34. The minimum Gasteiger partial charge on any atom is -0.396 e. The van der Waals surface area contributed by atoms with Crippen molar-refractivity contribution < 1.29 is 5.11 Å². The van der Waals surface area contributed by atoms with Gasteiger partial charge in [-0.1, -0.05) is 19.1 Å². The lowest BCUT2D eigenvalue weighted by molar-refractivity contribution is 0.228. The first kappa shape index (κ1) is 13.9. The van der Waals surface area contributed by atoms with Gasteiger partial charge in [-0.25, -0.2) is 0 Å². The normalized spacial score (nSPS) is 12.7. The predicted octanol–water partition coefficient (Wildman–Crippen LogP) is 2.79. The van der Waals surface area contributed by atoms with Crippen LogP contribution in [0.25, 0.3) is 0 Å². The number of halogens is 1. The minimum absolute atomic E-state index is 0.303. The van der Waals surface area contributed by atoms with E-state index < -0.39 is 0 Å². The van der Waals surface area contributed by atoms with Gasteiger partial charge in [-0.2, -0.15) is 0 Å². The molecule has 0 saturated heterocycles. The van der Waals surface area contributed by atoms with Crippen LogP contribution in [0, 0.1) is 9.49 Å². The van der Waals surface area contributed by atoms with Crippen molar-refractivity contribution in [1.29, 1.82) is 0 Å². The van der Waals surface area contributed by atoms with Crippen LogP contribution < -0.4 is 5.32 Å². The van der Waals surface area contributed by atoms with Crippen LogP contribution >= 0.6 is 22.6 Å². The molecule has 1 aromatic carbocycles. The molecule has 0 fully saturated rings. The number of rotatable bonds is 7. The standard InChI is InChI=1S/C13H20INO/c1-11(10-16)3-2-8-15-9-12-4-6-13(14)7-5-12/h4-7,11,15-16H,2-3,8-10H2,1H3. The number of aliphatic hydroxyl groups excluding tert-OH is 1. The number of benzene rings is 1. The number of hydrogen-bond acceptors (Lipinski definition) is 2. The second-order valence-electron chi connectivity index (χ2n) is 4.23. The van der Waals surface area contributed by atoms with E-state index in [0.717, 1.165) is 25.9 Å². The molecule has 0 heterocycles. The maximum absolute atomic E-state index is 8.87. The Hall–Kier alpha value is -0.130. The zero-order valence-corrected chi connectivity index (χ0v) is 11.9. The van der Waals surface area contributed by atoms with E-state index in [4.69, 9.17) is 5.11 Å². The predicted molar refractivity (Wildman–Crippen MR) is 76.3 cm³/mol. The van der Waals surface area contributed by atoms with E-state index in [9.17, 15) is 0 Å². The van der Waals surface area contributed by atoms with E-state index in [0.29, 0.717) is 12.5 Å². The Balaban J connectivity index is 2.09. The lowest BCUT2D eigenvalue weighted by Crippen LogP contribution is -2.15. The first-order chi connectivity index (χ1) is 7.72. The zero-order chi connectivity index (χ0) is 11.8. The van der Waals surface area contributed by atoms with Crippen LogP contribution in [-0.2, 0) is 6.54 Å². The van der Waals surface area contributed by atoms with E-state index >= 15 is 0 Å². The van der Waals surface area contributed by atoms with Gasteiger partial charge in [-0.05, 0) is 65.6 Å². The first-order valence-electron chi connectivity index (χ1n) is 5.78. The average molecular weight is 333 g/mol. The highest BCUT2D eigenvalue weighted by atomic mass is 127. The van der Waals surface area contributed by atoms with E-state index in [-0.39, 0.29) is 0 Å². The van der Waals surface area contributed by atoms with E-state index in [1.807, 2.05) is 0 Å². The SMILES string of the molecule is CC(CO)CCCNCc1ccc(I)cc1. The van der Waals surface area contributed by atoms with Crippen molar-refractivity contribution in [2.45, 2.75) is 26.3 Å². The topological polar surface area (TPSA) is 32.3 Å². The molecule has 0 amide bonds. The fourth-order valence-electron chi connectivity index (χ4n) is 1.50. The van der Waals surface area contributed by atoms with Crippen LogP contribution in [-0.4, -0.2) is 18.3 Å². The van der Waals surface area contributed by atoms with Gasteiger partial charge in [0.25, 0.3) is 0 Å². The number of hydrogen-bond donors (Lipinski definition) is 2. The largest absolute Gasteiger partial charge is 0.396 e. The second kappa shape index (κ2) is 8.03. The van der Waals surface area contributed by atoms with Crippen molar-refractivity contribution in [2.24, 2.45) is 5.92 Å². The summed E-state index contributed by atoms with van der Waals surface area (Å²) < 4.78 is 1.28. The van der Waals surface area contributed by atoms with Crippen molar-refractivity contribution in [3.05, 3.63) is 33.4 Å². The molecule has 1 aromatic rings. The molecule has 1 rings (SSSR count). The van der Waals surface area contributed by atoms with Gasteiger partial charge in [-0.3, -0.25) is 0 Å². The Labute approximate surface area is 112 Å². The van der Waals surface area contributed by atoms with Crippen LogP contribution in [0.5, 0.6) is 0 Å². The molecule has 1 atom stereocenters. The molecule has 3 heteroatoms. The third-order valence-corrected chi connectivity index (χ3v) is 3.32. The quantitative estimate of drug-likeness (QED) is 0.594. The van der Waals surface area contributed by atoms with E-state index in [1.54, 1.807) is 0 Å². The molecule has 0 aliphatic carbocycles. The molecule has 0 aliphatic heterocycles. The third-order valence-electron chi connectivity index (χ3n) is 2.60. The maximum atomic E-state index is 8.87. The fraction of sp³-hybridized carbons (Fsp3) is 0.538. The Bertz CT molecular complexity index is 286. The number of aliphatic hydroxyl groups is 1. The molecule has 0 radical (unpaired) electrons. The van der Waals surface area contributed by atoms with Gasteiger partial charge < -0.3 is 10.4 Å². The van der Waals surface area contributed by atoms with Crippen molar-refractivity contribution in [3.8, 4) is 0 Å². The Morgan fingerprint density at radius 1 is 1.31 bits per heavy atom. The molecule has 2 nitrogen and oxygen atoms in total. The van der Waals surface area contributed by atoms with Crippen LogP contribution in [0.15, 0.2) is 24.3 Å². The number of nitrogens with one attached hydrogen (secondary N) is 1. The molecule has 0 aromatic heterocycles. The molecule has 0 aliphatic rings. The summed E-state index contributed by atoms with van der Waals surface area (Å²) in [4.78, 5) is 0. The summed E-state index contributed by atoms with van der Waals surface area (Å²) in [5, 5.41) is 12.3. The van der Waals surface area contributed by atoms with Gasteiger partial charge >= 0.3 is 0 Å². The highest BCUT2D eigenvalue weighted by molar-refractivity contribution is 14.1. The minimum atomic E-state index is 0.303. The maximum Gasteiger partial charge on any atom is 0.0456 e. The monoisotopic (exact) mass is 333 g/mol. The average Bonchev–Trinajstić information content (AvgIpc) is 2.31. The van der Waals surface area contributed by atoms with Gasteiger partial charge in [0, 0.05) is 16.7 Å². The van der Waals surface area contributed by atoms with Crippen LogP contribution in [0.3, 0.4) is 0 Å². The van der Waals surface area contributed by atoms with Gasteiger partial charge in [-0.15, -0.1) is 0 Å². The summed E-state index contributed by atoms with van der Waals surface area (Å²) >= 11 is 2.31. The van der Waals surface area contributed by atoms with Crippen molar-refractivity contribution in [1.82, 2.24) is 5.32 Å². The molecule has 16 heavy (non-hydrogen) atoms. The summed E-state index contributed by atoms with van der Waals surface area (Å²) in [5.74, 6) is 0.431. The van der Waals surface area contributed by atoms with Crippen LogP contribution in [0.4, 0.5) is 0 Å². The van der Waals surface area contributed by atoms with Crippen molar-refractivity contribution in [2.75, 3.05) is 13.2 Å². The molecular formula is C13H20INO. The molecule has 1 unspecified atom stereocenters. The Kier molecular flexibility index (Phi) is 7.00. The second-order valence-corrected chi connectivity index (χ2v) is 5.48. The molecule has 0 saturated carbocycles. The molecule has 2 N–H and O–H groups in total. The van der Waals surface area contributed by atoms with Crippen molar-refractivity contribution in [3.63, 3.8) is 0 Å². The fourth-order valence-corrected chi connectivity index (χ4v) is 1.86. The molecular weight excluding hydrogens is 313 g/mol. The van der Waals surface area contributed by atoms with Crippen LogP contribution in [0.1, 0.15) is 25.3 Å².